The highest BCUT2D eigenvalue weighted by Gasteiger charge is 2.13. The van der Waals surface area contributed by atoms with Gasteiger partial charge < -0.3 is 19.3 Å². The largest absolute Gasteiger partial charge is 0.493 e. The number of hydrogen-bond donors (Lipinski definition) is 2. The van der Waals surface area contributed by atoms with Crippen LogP contribution in [0.4, 0.5) is 5.69 Å². The first-order chi connectivity index (χ1) is 12.1. The first-order valence-electron chi connectivity index (χ1n) is 7.60. The van der Waals surface area contributed by atoms with E-state index in [0.717, 1.165) is 0 Å². The molecule has 0 aliphatic rings. The minimum atomic E-state index is -1.03. The van der Waals surface area contributed by atoms with Crippen LogP contribution in [0.3, 0.4) is 0 Å². The lowest BCUT2D eigenvalue weighted by atomic mass is 10.2. The van der Waals surface area contributed by atoms with Crippen LogP contribution in [0.5, 0.6) is 17.2 Å². The van der Waals surface area contributed by atoms with E-state index in [4.69, 9.17) is 19.3 Å². The molecular formula is C18H20N2O5. The van der Waals surface area contributed by atoms with Gasteiger partial charge in [-0.2, -0.15) is 5.10 Å². The number of methoxy groups -OCH3 is 2. The van der Waals surface area contributed by atoms with E-state index in [1.165, 1.54) is 6.07 Å². The van der Waals surface area contributed by atoms with Gasteiger partial charge in [0.25, 0.3) is 0 Å². The third-order valence-corrected chi connectivity index (χ3v) is 3.33. The van der Waals surface area contributed by atoms with Crippen LogP contribution in [-0.2, 0) is 0 Å². The molecule has 0 bridgehead atoms. The van der Waals surface area contributed by atoms with E-state index >= 15 is 0 Å². The molecule has 0 aliphatic heterocycles. The standard InChI is InChI=1S/C18H20N2O5/c1-4-25-17-15(23-2)9-12(10-16(17)24-3)11-19-20-14-8-6-5-7-13(14)18(21)22/h5-11,20H,4H2,1-3H3,(H,21,22). The van der Waals surface area contributed by atoms with E-state index < -0.39 is 5.97 Å². The van der Waals surface area contributed by atoms with Gasteiger partial charge in [0.2, 0.25) is 5.75 Å². The molecule has 0 atom stereocenters. The van der Waals surface area contributed by atoms with Crippen LogP contribution in [0.25, 0.3) is 0 Å². The monoisotopic (exact) mass is 344 g/mol. The maximum atomic E-state index is 11.2. The molecule has 7 nitrogen and oxygen atoms in total. The van der Waals surface area contributed by atoms with Gasteiger partial charge in [-0.1, -0.05) is 12.1 Å². The molecule has 0 fully saturated rings. The quantitative estimate of drug-likeness (QED) is 0.564. The van der Waals surface area contributed by atoms with Crippen molar-refractivity contribution in [2.45, 2.75) is 6.92 Å². The molecule has 2 rings (SSSR count). The molecule has 0 radical (unpaired) electrons. The third-order valence-electron chi connectivity index (χ3n) is 3.33. The Morgan fingerprint density at radius 1 is 1.20 bits per heavy atom. The zero-order valence-electron chi connectivity index (χ0n) is 14.3. The van der Waals surface area contributed by atoms with E-state index in [-0.39, 0.29) is 5.56 Å². The number of hydrazone groups is 1. The molecular weight excluding hydrogens is 324 g/mol. The van der Waals surface area contributed by atoms with Gasteiger partial charge in [0.1, 0.15) is 0 Å². The van der Waals surface area contributed by atoms with Crippen LogP contribution in [0.1, 0.15) is 22.8 Å². The van der Waals surface area contributed by atoms with Gasteiger partial charge in [0.05, 0.1) is 38.3 Å². The highest BCUT2D eigenvalue weighted by atomic mass is 16.5. The molecule has 0 unspecified atom stereocenters. The first-order valence-corrected chi connectivity index (χ1v) is 7.60. The number of carboxylic acid groups (broad SMARTS) is 1. The fraction of sp³-hybridized carbons (Fsp3) is 0.222. The van der Waals surface area contributed by atoms with E-state index in [9.17, 15) is 4.79 Å². The summed E-state index contributed by atoms with van der Waals surface area (Å²) in [4.78, 5) is 11.2. The molecule has 2 aromatic rings. The Kier molecular flexibility index (Phi) is 6.22. The summed E-state index contributed by atoms with van der Waals surface area (Å²) < 4.78 is 16.2. The second-order valence-electron chi connectivity index (χ2n) is 4.91. The van der Waals surface area contributed by atoms with Crippen molar-refractivity contribution in [1.29, 1.82) is 0 Å². The molecule has 132 valence electrons. The Labute approximate surface area is 145 Å². The van der Waals surface area contributed by atoms with Gasteiger partial charge in [-0.25, -0.2) is 4.79 Å². The van der Waals surface area contributed by atoms with Gasteiger partial charge in [0, 0.05) is 5.56 Å². The van der Waals surface area contributed by atoms with Gasteiger partial charge in [-0.05, 0) is 31.2 Å². The van der Waals surface area contributed by atoms with Crippen LogP contribution in [0.15, 0.2) is 41.5 Å². The molecule has 0 heterocycles. The van der Waals surface area contributed by atoms with Crippen LogP contribution in [0.2, 0.25) is 0 Å². The maximum absolute atomic E-state index is 11.2. The summed E-state index contributed by atoms with van der Waals surface area (Å²) in [6.07, 6.45) is 1.54. The number of carboxylic acids is 1. The number of carbonyl (C=O) groups is 1. The smallest absolute Gasteiger partial charge is 0.337 e. The SMILES string of the molecule is CCOc1c(OC)cc(C=NNc2ccccc2C(=O)O)cc1OC. The lowest BCUT2D eigenvalue weighted by molar-refractivity contribution is 0.0698. The van der Waals surface area contributed by atoms with Crippen LogP contribution in [-0.4, -0.2) is 38.1 Å². The lowest BCUT2D eigenvalue weighted by Gasteiger charge is -2.14. The molecule has 0 saturated carbocycles. The Morgan fingerprint density at radius 3 is 2.40 bits per heavy atom. The average molecular weight is 344 g/mol. The lowest BCUT2D eigenvalue weighted by Crippen LogP contribution is -2.02. The number of nitrogens with one attached hydrogen (secondary N) is 1. The predicted octanol–water partition coefficient (Wildman–Crippen LogP) is 3.25. The summed E-state index contributed by atoms with van der Waals surface area (Å²) in [7, 11) is 3.08. The van der Waals surface area contributed by atoms with E-state index in [1.54, 1.807) is 50.8 Å². The molecule has 2 N–H and O–H groups in total. The minimum absolute atomic E-state index is 0.140. The molecule has 25 heavy (non-hydrogen) atoms. The number of nitrogens with zero attached hydrogens (tertiary/aromatic N) is 1. The van der Waals surface area contributed by atoms with E-state index in [0.29, 0.717) is 35.1 Å². The second kappa shape index (κ2) is 8.58. The Morgan fingerprint density at radius 2 is 1.84 bits per heavy atom. The van der Waals surface area contributed by atoms with Crippen molar-refractivity contribution >= 4 is 17.9 Å². The number of anilines is 1. The minimum Gasteiger partial charge on any atom is -0.493 e. The number of hydrogen-bond acceptors (Lipinski definition) is 6. The molecule has 7 heteroatoms. The fourth-order valence-corrected chi connectivity index (χ4v) is 2.20. The highest BCUT2D eigenvalue weighted by molar-refractivity contribution is 5.94. The van der Waals surface area contributed by atoms with E-state index in [2.05, 4.69) is 10.5 Å². The summed E-state index contributed by atoms with van der Waals surface area (Å²) in [5.41, 5.74) is 3.98. The summed E-state index contributed by atoms with van der Waals surface area (Å²) in [5, 5.41) is 13.3. The number of aromatic carboxylic acids is 1. The molecule has 0 saturated heterocycles. The van der Waals surface area contributed by atoms with E-state index in [1.807, 2.05) is 6.92 Å². The summed E-state index contributed by atoms with van der Waals surface area (Å²) in [5.74, 6) is 0.540. The topological polar surface area (TPSA) is 89.4 Å². The van der Waals surface area contributed by atoms with Gasteiger partial charge in [-0.3, -0.25) is 5.43 Å². The van der Waals surface area contributed by atoms with Crippen LogP contribution >= 0.6 is 0 Å². The summed E-state index contributed by atoms with van der Waals surface area (Å²) in [6.45, 7) is 2.35. The number of para-hydroxylation sites is 1. The third kappa shape index (κ3) is 4.41. The van der Waals surface area contributed by atoms with Crippen molar-refractivity contribution in [2.75, 3.05) is 26.3 Å². The van der Waals surface area contributed by atoms with Crippen molar-refractivity contribution in [1.82, 2.24) is 0 Å². The Hall–Kier alpha value is -3.22. The van der Waals surface area contributed by atoms with Gasteiger partial charge >= 0.3 is 5.97 Å². The van der Waals surface area contributed by atoms with Gasteiger partial charge in [0.15, 0.2) is 11.5 Å². The number of rotatable bonds is 8. The van der Waals surface area contributed by atoms with Crippen molar-refractivity contribution < 1.29 is 24.1 Å². The zero-order valence-corrected chi connectivity index (χ0v) is 14.3. The highest BCUT2D eigenvalue weighted by Crippen LogP contribution is 2.38. The maximum Gasteiger partial charge on any atom is 0.337 e. The number of benzene rings is 2. The average Bonchev–Trinajstić information content (AvgIpc) is 2.62. The fourth-order valence-electron chi connectivity index (χ4n) is 2.20. The zero-order chi connectivity index (χ0) is 18.2. The normalized spacial score (nSPS) is 10.5. The Bertz CT molecular complexity index is 749. The molecule has 0 spiro atoms. The molecule has 0 amide bonds. The van der Waals surface area contributed by atoms with Crippen LogP contribution < -0.4 is 19.6 Å². The van der Waals surface area contributed by atoms with Gasteiger partial charge in [-0.15, -0.1) is 0 Å². The van der Waals surface area contributed by atoms with Crippen LogP contribution in [0, 0.1) is 0 Å². The molecule has 0 aliphatic carbocycles. The molecule has 0 aromatic heterocycles. The predicted molar refractivity (Wildman–Crippen MR) is 95.3 cm³/mol. The first kappa shape index (κ1) is 18.1. The summed E-state index contributed by atoms with van der Waals surface area (Å²) in [6, 6.07) is 10.0. The van der Waals surface area contributed by atoms with Crippen molar-refractivity contribution in [3.05, 3.63) is 47.5 Å². The second-order valence-corrected chi connectivity index (χ2v) is 4.91. The molecule has 2 aromatic carbocycles. The number of ether oxygens (including phenoxy) is 3. The van der Waals surface area contributed by atoms with Crippen molar-refractivity contribution in [3.63, 3.8) is 0 Å². The van der Waals surface area contributed by atoms with Crippen molar-refractivity contribution in [2.24, 2.45) is 5.10 Å². The summed E-state index contributed by atoms with van der Waals surface area (Å²) >= 11 is 0. The van der Waals surface area contributed by atoms with Crippen molar-refractivity contribution in [3.8, 4) is 17.2 Å². The Balaban J connectivity index is 2.25.